The Balaban J connectivity index is 1.71. The molecule has 0 spiro atoms. The Kier molecular flexibility index (Phi) is 5.19. The number of carbonyl (C=O) groups is 1. The van der Waals surface area contributed by atoms with E-state index in [2.05, 4.69) is 10.0 Å². The molecule has 0 aliphatic carbocycles. The summed E-state index contributed by atoms with van der Waals surface area (Å²) in [6.07, 6.45) is 2.08. The molecule has 0 radical (unpaired) electrons. The van der Waals surface area contributed by atoms with Crippen molar-refractivity contribution in [2.75, 3.05) is 26.0 Å². The highest BCUT2D eigenvalue weighted by molar-refractivity contribution is 7.88. The molecule has 6 nitrogen and oxygen atoms in total. The number of para-hydroxylation sites is 1. The van der Waals surface area contributed by atoms with Crippen LogP contribution in [0, 0.1) is 5.92 Å². The van der Waals surface area contributed by atoms with E-state index in [1.165, 1.54) is 0 Å². The van der Waals surface area contributed by atoms with E-state index in [0.29, 0.717) is 13.2 Å². The average molecular weight is 312 g/mol. The van der Waals surface area contributed by atoms with Gasteiger partial charge in [0.15, 0.2) is 0 Å². The van der Waals surface area contributed by atoms with Crippen LogP contribution in [-0.4, -0.2) is 40.3 Å². The molecule has 1 heterocycles. The van der Waals surface area contributed by atoms with E-state index in [-0.39, 0.29) is 24.8 Å². The zero-order chi connectivity index (χ0) is 15.3. The molecule has 0 unspecified atom stereocenters. The van der Waals surface area contributed by atoms with Crippen LogP contribution in [0.4, 0.5) is 0 Å². The molecule has 7 heteroatoms. The van der Waals surface area contributed by atoms with Crippen LogP contribution < -0.4 is 14.8 Å². The fourth-order valence-electron chi connectivity index (χ4n) is 2.22. The largest absolute Gasteiger partial charge is 0.493 e. The summed E-state index contributed by atoms with van der Waals surface area (Å²) in [6.45, 7) is 1.24. The first-order valence-corrected chi connectivity index (χ1v) is 8.75. The van der Waals surface area contributed by atoms with Crippen LogP contribution in [0.5, 0.6) is 5.75 Å². The summed E-state index contributed by atoms with van der Waals surface area (Å²) < 4.78 is 29.7. The predicted octanol–water partition coefficient (Wildman–Crippen LogP) is 0.293. The molecule has 1 aromatic rings. The standard InChI is InChI=1S/C14H20N2O4S/c1-21(18,19)16-7-6-14(17)15-9-11-8-12-4-2-3-5-13(12)20-10-11/h2-5,11,16H,6-10H2,1H3,(H,15,17)/t11-/m1/s1. The normalized spacial score (nSPS) is 17.7. The molecule has 0 saturated heterocycles. The summed E-state index contributed by atoms with van der Waals surface area (Å²) in [6, 6.07) is 7.88. The quantitative estimate of drug-likeness (QED) is 0.791. The SMILES string of the molecule is CS(=O)(=O)NCCC(=O)NC[C@@H]1COc2ccccc2C1. The number of carbonyl (C=O) groups excluding carboxylic acids is 1. The third kappa shape index (κ3) is 5.35. The first-order chi connectivity index (χ1) is 9.94. The van der Waals surface area contributed by atoms with E-state index in [0.717, 1.165) is 24.0 Å². The first kappa shape index (κ1) is 15.8. The van der Waals surface area contributed by atoms with Gasteiger partial charge in [0.25, 0.3) is 0 Å². The summed E-state index contributed by atoms with van der Waals surface area (Å²) >= 11 is 0. The molecule has 0 fully saturated rings. The van der Waals surface area contributed by atoms with Gasteiger partial charge in [-0.3, -0.25) is 4.79 Å². The van der Waals surface area contributed by atoms with Gasteiger partial charge in [0, 0.05) is 25.4 Å². The Morgan fingerprint density at radius 1 is 1.38 bits per heavy atom. The van der Waals surface area contributed by atoms with Gasteiger partial charge in [-0.15, -0.1) is 0 Å². The Morgan fingerprint density at radius 2 is 2.14 bits per heavy atom. The lowest BCUT2D eigenvalue weighted by Gasteiger charge is -2.25. The summed E-state index contributed by atoms with van der Waals surface area (Å²) in [4.78, 5) is 11.6. The number of amides is 1. The smallest absolute Gasteiger partial charge is 0.221 e. The van der Waals surface area contributed by atoms with Crippen molar-refractivity contribution < 1.29 is 17.9 Å². The van der Waals surface area contributed by atoms with Crippen LogP contribution in [0.25, 0.3) is 0 Å². The molecule has 1 aromatic carbocycles. The minimum atomic E-state index is -3.24. The summed E-state index contributed by atoms with van der Waals surface area (Å²) in [7, 11) is -3.24. The van der Waals surface area contributed by atoms with Crippen LogP contribution in [0.1, 0.15) is 12.0 Å². The molecule has 2 N–H and O–H groups in total. The summed E-state index contributed by atoms with van der Waals surface area (Å²) in [5.74, 6) is 0.995. The zero-order valence-corrected chi connectivity index (χ0v) is 12.8. The van der Waals surface area contributed by atoms with Gasteiger partial charge in [-0.2, -0.15) is 0 Å². The second kappa shape index (κ2) is 6.91. The predicted molar refractivity (Wildman–Crippen MR) is 79.6 cm³/mol. The van der Waals surface area contributed by atoms with Crippen LogP contribution in [0.2, 0.25) is 0 Å². The second-order valence-corrected chi connectivity index (χ2v) is 7.04. The molecule has 1 amide bonds. The molecule has 1 aliphatic rings. The summed E-state index contributed by atoms with van der Waals surface area (Å²) in [5, 5.41) is 2.82. The fourth-order valence-corrected chi connectivity index (χ4v) is 2.69. The highest BCUT2D eigenvalue weighted by Crippen LogP contribution is 2.26. The van der Waals surface area contributed by atoms with E-state index in [1.54, 1.807) is 0 Å². The van der Waals surface area contributed by atoms with E-state index in [4.69, 9.17) is 4.74 Å². The summed E-state index contributed by atoms with van der Waals surface area (Å²) in [5.41, 5.74) is 1.15. The van der Waals surface area contributed by atoms with Gasteiger partial charge in [0.05, 0.1) is 12.9 Å². The highest BCUT2D eigenvalue weighted by Gasteiger charge is 2.19. The van der Waals surface area contributed by atoms with E-state index in [9.17, 15) is 13.2 Å². The van der Waals surface area contributed by atoms with Crippen LogP contribution in [0.15, 0.2) is 24.3 Å². The zero-order valence-electron chi connectivity index (χ0n) is 12.0. The Morgan fingerprint density at radius 3 is 2.90 bits per heavy atom. The minimum absolute atomic E-state index is 0.120. The Bertz CT molecular complexity index is 601. The molecular weight excluding hydrogens is 292 g/mol. The lowest BCUT2D eigenvalue weighted by atomic mass is 9.97. The van der Waals surface area contributed by atoms with Crippen molar-refractivity contribution in [3.05, 3.63) is 29.8 Å². The van der Waals surface area contributed by atoms with Gasteiger partial charge >= 0.3 is 0 Å². The van der Waals surface area contributed by atoms with Crippen molar-refractivity contribution in [2.24, 2.45) is 5.92 Å². The Labute approximate surface area is 124 Å². The lowest BCUT2D eigenvalue weighted by Crippen LogP contribution is -2.36. The van der Waals surface area contributed by atoms with Gasteiger partial charge < -0.3 is 10.1 Å². The second-order valence-electron chi connectivity index (χ2n) is 5.21. The average Bonchev–Trinajstić information content (AvgIpc) is 2.43. The topological polar surface area (TPSA) is 84.5 Å². The van der Waals surface area contributed by atoms with Gasteiger partial charge in [-0.25, -0.2) is 13.1 Å². The maximum Gasteiger partial charge on any atom is 0.221 e. The molecule has 2 rings (SSSR count). The van der Waals surface area contributed by atoms with E-state index in [1.807, 2.05) is 24.3 Å². The number of hydrogen-bond donors (Lipinski definition) is 2. The number of sulfonamides is 1. The number of fused-ring (bicyclic) bond motifs is 1. The monoisotopic (exact) mass is 312 g/mol. The van der Waals surface area contributed by atoms with Crippen molar-refractivity contribution in [1.29, 1.82) is 0 Å². The van der Waals surface area contributed by atoms with E-state index < -0.39 is 10.0 Å². The van der Waals surface area contributed by atoms with Crippen LogP contribution >= 0.6 is 0 Å². The third-order valence-electron chi connectivity index (χ3n) is 3.26. The molecule has 0 aromatic heterocycles. The fraction of sp³-hybridized carbons (Fsp3) is 0.500. The molecule has 1 atom stereocenters. The number of ether oxygens (including phenoxy) is 1. The number of benzene rings is 1. The number of hydrogen-bond acceptors (Lipinski definition) is 4. The van der Waals surface area contributed by atoms with Crippen LogP contribution in [-0.2, 0) is 21.2 Å². The van der Waals surface area contributed by atoms with Crippen molar-refractivity contribution in [1.82, 2.24) is 10.0 Å². The molecular formula is C14H20N2O4S. The molecule has 1 aliphatic heterocycles. The Hall–Kier alpha value is -1.60. The molecule has 116 valence electrons. The van der Waals surface area contributed by atoms with Gasteiger partial charge in [0.2, 0.25) is 15.9 Å². The van der Waals surface area contributed by atoms with Gasteiger partial charge in [0.1, 0.15) is 5.75 Å². The van der Waals surface area contributed by atoms with Crippen molar-refractivity contribution in [3.63, 3.8) is 0 Å². The van der Waals surface area contributed by atoms with Gasteiger partial charge in [-0.05, 0) is 18.1 Å². The number of rotatable bonds is 6. The van der Waals surface area contributed by atoms with Gasteiger partial charge in [-0.1, -0.05) is 18.2 Å². The lowest BCUT2D eigenvalue weighted by molar-refractivity contribution is -0.121. The van der Waals surface area contributed by atoms with E-state index >= 15 is 0 Å². The maximum atomic E-state index is 11.6. The molecule has 0 bridgehead atoms. The highest BCUT2D eigenvalue weighted by atomic mass is 32.2. The van der Waals surface area contributed by atoms with Crippen LogP contribution in [0.3, 0.4) is 0 Å². The number of nitrogens with one attached hydrogen (secondary N) is 2. The van der Waals surface area contributed by atoms with Crippen molar-refractivity contribution in [3.8, 4) is 5.75 Å². The van der Waals surface area contributed by atoms with Crippen molar-refractivity contribution in [2.45, 2.75) is 12.8 Å². The maximum absolute atomic E-state index is 11.6. The third-order valence-corrected chi connectivity index (χ3v) is 3.99. The first-order valence-electron chi connectivity index (χ1n) is 6.86. The van der Waals surface area contributed by atoms with Crippen molar-refractivity contribution >= 4 is 15.9 Å². The molecule has 21 heavy (non-hydrogen) atoms. The molecule has 0 saturated carbocycles. The minimum Gasteiger partial charge on any atom is -0.493 e.